The first-order valence-electron chi connectivity index (χ1n) is 6.04. The molecule has 7 heteroatoms. The summed E-state index contributed by atoms with van der Waals surface area (Å²) in [4.78, 5) is 19.1. The van der Waals surface area contributed by atoms with Crippen molar-refractivity contribution in [3.05, 3.63) is 52.0 Å². The fourth-order valence-electron chi connectivity index (χ4n) is 2.04. The number of amides is 1. The molecular formula is C14H10Cl2N4O. The van der Waals surface area contributed by atoms with E-state index >= 15 is 0 Å². The van der Waals surface area contributed by atoms with Crippen molar-refractivity contribution in [2.75, 3.05) is 0 Å². The van der Waals surface area contributed by atoms with Crippen LogP contribution in [0.4, 0.5) is 0 Å². The maximum absolute atomic E-state index is 11.5. The first-order chi connectivity index (χ1) is 10.1. The zero-order chi connectivity index (χ0) is 15.0. The molecular weight excluding hydrogens is 311 g/mol. The second-order valence-electron chi connectivity index (χ2n) is 4.41. The summed E-state index contributed by atoms with van der Waals surface area (Å²) in [5, 5.41) is 1.11. The van der Waals surface area contributed by atoms with Crippen LogP contribution in [0.3, 0.4) is 0 Å². The second-order valence-corrected chi connectivity index (χ2v) is 5.26. The van der Waals surface area contributed by atoms with Gasteiger partial charge in [-0.3, -0.25) is 10.2 Å². The van der Waals surface area contributed by atoms with Gasteiger partial charge in [0.2, 0.25) is 0 Å². The van der Waals surface area contributed by atoms with Gasteiger partial charge in [0.15, 0.2) is 0 Å². The molecule has 1 aromatic heterocycles. The number of aromatic nitrogens is 2. The number of nitrogens with one attached hydrogen (secondary N) is 2. The van der Waals surface area contributed by atoms with E-state index in [0.717, 1.165) is 5.52 Å². The van der Waals surface area contributed by atoms with Crippen LogP contribution in [0.1, 0.15) is 10.4 Å². The number of hydrogen-bond donors (Lipinski definition) is 3. The number of hydrogen-bond acceptors (Lipinski definition) is 3. The third-order valence-corrected chi connectivity index (χ3v) is 3.62. The minimum Gasteiger partial charge on any atom is -0.338 e. The number of halogens is 2. The third kappa shape index (κ3) is 2.58. The molecule has 0 saturated carbocycles. The number of nitrogen functional groups attached to an aromatic ring is 1. The van der Waals surface area contributed by atoms with Crippen molar-refractivity contribution >= 4 is 40.1 Å². The molecule has 5 nitrogen and oxygen atoms in total. The van der Waals surface area contributed by atoms with Crippen molar-refractivity contribution < 1.29 is 4.79 Å². The number of carbonyl (C=O) groups excluding carboxylic acids is 1. The summed E-state index contributed by atoms with van der Waals surface area (Å²) in [6.45, 7) is 0. The quantitative estimate of drug-likeness (QED) is 0.385. The highest BCUT2D eigenvalue weighted by Crippen LogP contribution is 2.30. The van der Waals surface area contributed by atoms with Gasteiger partial charge in [-0.25, -0.2) is 10.8 Å². The fourth-order valence-corrected chi connectivity index (χ4v) is 2.42. The molecule has 3 rings (SSSR count). The first kappa shape index (κ1) is 13.9. The molecule has 0 unspecified atom stereocenters. The van der Waals surface area contributed by atoms with Crippen molar-refractivity contribution in [3.8, 4) is 11.4 Å². The van der Waals surface area contributed by atoms with E-state index in [4.69, 9.17) is 29.0 Å². The maximum Gasteiger partial charge on any atom is 0.265 e. The molecule has 0 saturated heterocycles. The lowest BCUT2D eigenvalue weighted by molar-refractivity contribution is 0.0954. The summed E-state index contributed by atoms with van der Waals surface area (Å²) in [6, 6.07) is 10.2. The number of imidazole rings is 1. The highest BCUT2D eigenvalue weighted by atomic mass is 35.5. The van der Waals surface area contributed by atoms with Gasteiger partial charge in [0.1, 0.15) is 5.82 Å². The molecule has 2 aromatic carbocycles. The molecule has 4 N–H and O–H groups in total. The number of H-pyrrole nitrogens is 1. The average molecular weight is 321 g/mol. The molecule has 0 aliphatic rings. The Hall–Kier alpha value is -2.08. The number of aromatic amines is 1. The van der Waals surface area contributed by atoms with Gasteiger partial charge in [0.25, 0.3) is 5.91 Å². The van der Waals surface area contributed by atoms with Crippen LogP contribution in [0.15, 0.2) is 36.4 Å². The van der Waals surface area contributed by atoms with Gasteiger partial charge in [-0.15, -0.1) is 0 Å². The molecule has 1 heterocycles. The predicted molar refractivity (Wildman–Crippen MR) is 83.2 cm³/mol. The number of benzene rings is 2. The Bertz CT molecular complexity index is 844. The summed E-state index contributed by atoms with van der Waals surface area (Å²) < 4.78 is 0. The summed E-state index contributed by atoms with van der Waals surface area (Å²) in [7, 11) is 0. The molecule has 0 aliphatic heterocycles. The Kier molecular flexibility index (Phi) is 3.55. The lowest BCUT2D eigenvalue weighted by Crippen LogP contribution is -2.29. The number of nitrogens with two attached hydrogens (primary N) is 1. The number of fused-ring (bicyclic) bond motifs is 1. The Labute approximate surface area is 130 Å². The van der Waals surface area contributed by atoms with E-state index < -0.39 is 0 Å². The molecule has 106 valence electrons. The van der Waals surface area contributed by atoms with E-state index in [-0.39, 0.29) is 5.91 Å². The SMILES string of the molecule is NNC(=O)c1ccc2nc(-c3cc(Cl)ccc3Cl)[nH]c2c1. The number of carbonyl (C=O) groups is 1. The van der Waals surface area contributed by atoms with Crippen LogP contribution in [0, 0.1) is 0 Å². The zero-order valence-electron chi connectivity index (χ0n) is 10.7. The van der Waals surface area contributed by atoms with Gasteiger partial charge < -0.3 is 4.98 Å². The van der Waals surface area contributed by atoms with E-state index in [0.29, 0.717) is 32.5 Å². The second kappa shape index (κ2) is 5.37. The fraction of sp³-hybridized carbons (Fsp3) is 0. The molecule has 3 aromatic rings. The Balaban J connectivity index is 2.13. The largest absolute Gasteiger partial charge is 0.338 e. The normalized spacial score (nSPS) is 10.8. The standard InChI is InChI=1S/C14H10Cl2N4O/c15-8-2-3-10(16)9(6-8)13-18-11-4-1-7(14(21)20-17)5-12(11)19-13/h1-6H,17H2,(H,18,19)(H,20,21). The highest BCUT2D eigenvalue weighted by molar-refractivity contribution is 6.35. The molecule has 0 radical (unpaired) electrons. The van der Waals surface area contributed by atoms with E-state index in [2.05, 4.69) is 15.4 Å². The zero-order valence-corrected chi connectivity index (χ0v) is 12.2. The molecule has 1 amide bonds. The molecule has 0 spiro atoms. The summed E-state index contributed by atoms with van der Waals surface area (Å²) in [6.07, 6.45) is 0. The van der Waals surface area contributed by atoms with Gasteiger partial charge in [-0.1, -0.05) is 23.2 Å². The first-order valence-corrected chi connectivity index (χ1v) is 6.80. The van der Waals surface area contributed by atoms with E-state index in [1.54, 1.807) is 36.4 Å². The van der Waals surface area contributed by atoms with E-state index in [1.165, 1.54) is 0 Å². The monoisotopic (exact) mass is 320 g/mol. The van der Waals surface area contributed by atoms with Crippen LogP contribution in [0.5, 0.6) is 0 Å². The van der Waals surface area contributed by atoms with Crippen molar-refractivity contribution in [3.63, 3.8) is 0 Å². The minimum atomic E-state index is -0.367. The number of rotatable bonds is 2. The highest BCUT2D eigenvalue weighted by Gasteiger charge is 2.11. The Morgan fingerprint density at radius 2 is 2.00 bits per heavy atom. The smallest absolute Gasteiger partial charge is 0.265 e. The van der Waals surface area contributed by atoms with Crippen molar-refractivity contribution in [2.24, 2.45) is 5.84 Å². The van der Waals surface area contributed by atoms with Crippen LogP contribution in [0.25, 0.3) is 22.4 Å². The van der Waals surface area contributed by atoms with Crippen LogP contribution < -0.4 is 11.3 Å². The summed E-state index contributed by atoms with van der Waals surface area (Å²) in [5.41, 5.74) is 4.66. The van der Waals surface area contributed by atoms with Gasteiger partial charge in [-0.2, -0.15) is 0 Å². The maximum atomic E-state index is 11.5. The molecule has 0 aliphatic carbocycles. The van der Waals surface area contributed by atoms with Gasteiger partial charge >= 0.3 is 0 Å². The number of nitrogens with zero attached hydrogens (tertiary/aromatic N) is 1. The van der Waals surface area contributed by atoms with E-state index in [1.807, 2.05) is 0 Å². The van der Waals surface area contributed by atoms with Crippen molar-refractivity contribution in [2.45, 2.75) is 0 Å². The minimum absolute atomic E-state index is 0.367. The molecule has 21 heavy (non-hydrogen) atoms. The Morgan fingerprint density at radius 3 is 2.76 bits per heavy atom. The molecule has 0 bridgehead atoms. The number of hydrazine groups is 1. The lowest BCUT2D eigenvalue weighted by atomic mass is 10.2. The van der Waals surface area contributed by atoms with Crippen LogP contribution >= 0.6 is 23.2 Å². The summed E-state index contributed by atoms with van der Waals surface area (Å²) >= 11 is 12.1. The van der Waals surface area contributed by atoms with Gasteiger partial charge in [-0.05, 0) is 36.4 Å². The van der Waals surface area contributed by atoms with Gasteiger partial charge in [0, 0.05) is 16.1 Å². The molecule has 0 atom stereocenters. The Morgan fingerprint density at radius 1 is 1.19 bits per heavy atom. The van der Waals surface area contributed by atoms with Crippen molar-refractivity contribution in [1.82, 2.24) is 15.4 Å². The predicted octanol–water partition coefficient (Wildman–Crippen LogP) is 3.14. The van der Waals surface area contributed by atoms with Gasteiger partial charge in [0.05, 0.1) is 16.1 Å². The average Bonchev–Trinajstić information content (AvgIpc) is 2.91. The molecule has 0 fully saturated rings. The lowest BCUT2D eigenvalue weighted by Gasteiger charge is -2.00. The topological polar surface area (TPSA) is 83.8 Å². The van der Waals surface area contributed by atoms with Crippen LogP contribution in [-0.4, -0.2) is 15.9 Å². The van der Waals surface area contributed by atoms with E-state index in [9.17, 15) is 4.79 Å². The third-order valence-electron chi connectivity index (χ3n) is 3.06. The summed E-state index contributed by atoms with van der Waals surface area (Å²) in [5.74, 6) is 5.34. The van der Waals surface area contributed by atoms with Crippen LogP contribution in [0.2, 0.25) is 10.0 Å². The van der Waals surface area contributed by atoms with Crippen molar-refractivity contribution in [1.29, 1.82) is 0 Å². The van der Waals surface area contributed by atoms with Crippen LogP contribution in [-0.2, 0) is 0 Å².